The van der Waals surface area contributed by atoms with Crippen molar-refractivity contribution in [3.8, 4) is 21.7 Å². The van der Waals surface area contributed by atoms with Crippen molar-refractivity contribution in [1.29, 1.82) is 0 Å². The maximum Gasteiger partial charge on any atom is 0.301 e. The zero-order chi connectivity index (χ0) is 57.3. The summed E-state index contributed by atoms with van der Waals surface area (Å²) in [6, 6.07) is 14.2. The van der Waals surface area contributed by atoms with Gasteiger partial charge in [0.15, 0.2) is 5.82 Å². The topological polar surface area (TPSA) is 212 Å². The van der Waals surface area contributed by atoms with E-state index >= 15 is 8.78 Å². The Morgan fingerprint density at radius 1 is 0.901 bits per heavy atom. The maximum absolute atomic E-state index is 15.8. The fourth-order valence-electron chi connectivity index (χ4n) is 11.3. The molecule has 18 nitrogen and oxygen atoms in total. The molecule has 81 heavy (non-hydrogen) atoms. The molecule has 4 aromatic heterocycles. The summed E-state index contributed by atoms with van der Waals surface area (Å²) in [5.41, 5.74) is 5.73. The number of anilines is 2. The number of β-amino-alcohol motifs (C(OH)–C–C–N with tert-alkyl or cyclic N) is 1. The highest BCUT2D eigenvalue weighted by Crippen LogP contribution is 2.33. The number of carbonyl (C=O) groups excluding carboxylic acids is 3. The number of fused-ring (bicyclic) bond motifs is 1. The molecule has 8 heterocycles. The number of alkyl halides is 1. The Bertz CT molecular complexity index is 3390. The van der Waals surface area contributed by atoms with Crippen molar-refractivity contribution in [1.82, 2.24) is 49.6 Å². The number of H-pyrrole nitrogens is 1. The Labute approximate surface area is 474 Å². The molecule has 0 unspecified atom stereocenters. The number of aromatic nitrogens is 4. The van der Waals surface area contributed by atoms with E-state index in [1.807, 2.05) is 50.1 Å². The number of hydrogen-bond acceptors (Lipinski definition) is 14. The molecule has 6 aromatic rings. The van der Waals surface area contributed by atoms with Gasteiger partial charge < -0.3 is 30.5 Å². The zero-order valence-electron chi connectivity index (χ0n) is 45.9. The number of rotatable bonds is 18. The first-order valence-corrected chi connectivity index (χ1v) is 29.8. The van der Waals surface area contributed by atoms with Crippen LogP contribution in [0.1, 0.15) is 73.6 Å². The van der Waals surface area contributed by atoms with Gasteiger partial charge in [-0.2, -0.15) is 12.7 Å². The fourth-order valence-corrected chi connectivity index (χ4v) is 13.4. The van der Waals surface area contributed by atoms with E-state index in [1.54, 1.807) is 34.7 Å². The van der Waals surface area contributed by atoms with Crippen LogP contribution in [0, 0.1) is 29.9 Å². The Balaban J connectivity index is 0.678. The number of aliphatic hydroxyl groups is 1. The van der Waals surface area contributed by atoms with Gasteiger partial charge in [0.25, 0.3) is 0 Å². The van der Waals surface area contributed by atoms with E-state index < -0.39 is 75.2 Å². The van der Waals surface area contributed by atoms with Crippen LogP contribution in [0.2, 0.25) is 0 Å². The summed E-state index contributed by atoms with van der Waals surface area (Å²) in [6.07, 6.45) is 4.84. The van der Waals surface area contributed by atoms with Crippen molar-refractivity contribution < 1.29 is 41.1 Å². The number of piperidine rings is 1. The Morgan fingerprint density at radius 3 is 2.32 bits per heavy atom. The molecule has 23 heteroatoms. The highest BCUT2D eigenvalue weighted by Gasteiger charge is 2.43. The van der Waals surface area contributed by atoms with Crippen LogP contribution < -0.4 is 20.3 Å². The van der Waals surface area contributed by atoms with Gasteiger partial charge in [-0.3, -0.25) is 33.9 Å². The molecule has 4 atom stereocenters. The monoisotopic (exact) mass is 1150 g/mol. The average Bonchev–Trinajstić information content (AvgIpc) is 4.50. The Morgan fingerprint density at radius 2 is 1.65 bits per heavy atom. The van der Waals surface area contributed by atoms with Crippen LogP contribution in [-0.2, 0) is 26.3 Å². The second-order valence-corrected chi connectivity index (χ2v) is 25.3. The smallest absolute Gasteiger partial charge is 0.301 e. The minimum absolute atomic E-state index is 0.00633. The summed E-state index contributed by atoms with van der Waals surface area (Å²) in [5, 5.41) is 17.6. The third kappa shape index (κ3) is 13.0. The molecule has 4 fully saturated rings. The number of benzene rings is 2. The summed E-state index contributed by atoms with van der Waals surface area (Å²) in [5.74, 6) is -3.58. The summed E-state index contributed by atoms with van der Waals surface area (Å²) < 4.78 is 73.4. The SMILES string of the molecule is C=C(NCc1ccc(-c2scnc2C)cc1)[C@@H]1C[C@@H](O)CN1C(=O)[C@@H](NC(=O)CN1CCC(CN2CCN(c3ccc(-c4cnc5[nH]cc(C(=O)c6c(F)ccc(NS(=O)(=O)N7CC[C@@H](F)C7)c6F)c5c4)nc3)CC2)CC1)C(C)(C)C. The normalized spacial score (nSPS) is 20.2. The highest BCUT2D eigenvalue weighted by atomic mass is 32.2. The van der Waals surface area contributed by atoms with E-state index in [1.165, 1.54) is 6.20 Å². The van der Waals surface area contributed by atoms with Gasteiger partial charge in [0.1, 0.15) is 23.7 Å². The lowest BCUT2D eigenvalue weighted by atomic mass is 9.85. The second-order valence-electron chi connectivity index (χ2n) is 22.8. The van der Waals surface area contributed by atoms with Crippen LogP contribution >= 0.6 is 11.3 Å². The minimum Gasteiger partial charge on any atom is -0.391 e. The van der Waals surface area contributed by atoms with Crippen molar-refractivity contribution in [2.45, 2.75) is 84.3 Å². The summed E-state index contributed by atoms with van der Waals surface area (Å²) in [7, 11) is -4.38. The first-order valence-electron chi connectivity index (χ1n) is 27.5. The number of aromatic amines is 1. The quantitative estimate of drug-likeness (QED) is 0.0556. The largest absolute Gasteiger partial charge is 0.391 e. The number of carbonyl (C=O) groups is 3. The van der Waals surface area contributed by atoms with Crippen LogP contribution in [0.25, 0.3) is 32.7 Å². The molecule has 2 amide bonds. The number of amides is 2. The number of hydrogen-bond donors (Lipinski definition) is 5. The number of ketones is 1. The van der Waals surface area contributed by atoms with Gasteiger partial charge in [0.2, 0.25) is 17.6 Å². The standard InChI is InChI=1S/C58H69F3N12O6S2/c1-35(62-26-37-6-8-39(9-7-37)54-36(2)66-34-80-54)49-25-43(74)32-73(49)57(77)55(58(3,4)5)67-50(75)33-69-17-14-38(15-18-69)30-70-20-22-71(23-21-70)42-10-12-47(63-28-42)40-24-44-45(29-65-56(44)64-27-40)53(76)51-46(60)11-13-48(52(51)61)68-81(78,79)72-19-16-41(59)31-72/h6-13,24,27-29,34,38,41,43,49,55,62,68,74H,1,14-23,25-26,30-33H2,2-5H3,(H,64,65)(H,67,75)/t41-,43-,49+,55-/m1/s1. The molecule has 10 rings (SSSR count). The van der Waals surface area contributed by atoms with Crippen molar-refractivity contribution in [2.75, 3.05) is 81.6 Å². The number of nitrogens with zero attached hydrogens (tertiary/aromatic N) is 8. The van der Waals surface area contributed by atoms with E-state index in [9.17, 15) is 32.3 Å². The molecule has 4 saturated heterocycles. The maximum atomic E-state index is 15.8. The molecule has 4 aliphatic rings. The van der Waals surface area contributed by atoms with Crippen molar-refractivity contribution >= 4 is 61.6 Å². The molecule has 430 valence electrons. The molecule has 0 saturated carbocycles. The predicted octanol–water partition coefficient (Wildman–Crippen LogP) is 6.90. The van der Waals surface area contributed by atoms with Crippen molar-refractivity contribution in [2.24, 2.45) is 11.3 Å². The van der Waals surface area contributed by atoms with Crippen molar-refractivity contribution in [3.63, 3.8) is 0 Å². The molecule has 0 radical (unpaired) electrons. The zero-order valence-corrected chi connectivity index (χ0v) is 47.6. The number of aliphatic hydroxyl groups excluding tert-OH is 1. The number of piperazine rings is 1. The Hall–Kier alpha value is -6.76. The number of nitrogens with one attached hydrogen (secondary N) is 4. The summed E-state index contributed by atoms with van der Waals surface area (Å²) >= 11 is 1.61. The predicted molar refractivity (Wildman–Crippen MR) is 306 cm³/mol. The number of thiazole rings is 1. The van der Waals surface area contributed by atoms with E-state index in [4.69, 9.17) is 4.98 Å². The molecule has 2 aromatic carbocycles. The van der Waals surface area contributed by atoms with E-state index in [2.05, 4.69) is 71.1 Å². The third-order valence-electron chi connectivity index (χ3n) is 16.0. The lowest BCUT2D eigenvalue weighted by molar-refractivity contribution is -0.140. The minimum atomic E-state index is -4.38. The van der Waals surface area contributed by atoms with E-state index in [0.717, 1.165) is 102 Å². The fraction of sp³-hybridized carbons (Fsp3) is 0.448. The first kappa shape index (κ1) is 57.5. The molecule has 0 aliphatic carbocycles. The number of likely N-dealkylation sites (tertiary alicyclic amines) is 2. The van der Waals surface area contributed by atoms with Crippen LogP contribution in [0.3, 0.4) is 0 Å². The van der Waals surface area contributed by atoms with Gasteiger partial charge >= 0.3 is 10.2 Å². The van der Waals surface area contributed by atoms with Crippen molar-refractivity contribution in [3.05, 3.63) is 125 Å². The first-order chi connectivity index (χ1) is 38.7. The van der Waals surface area contributed by atoms with Crippen LogP contribution in [0.5, 0.6) is 0 Å². The number of halogens is 3. The Kier molecular flexibility index (Phi) is 17.0. The average molecular weight is 1150 g/mol. The molecule has 0 bridgehead atoms. The van der Waals surface area contributed by atoms with E-state index in [-0.39, 0.29) is 48.8 Å². The summed E-state index contributed by atoms with van der Waals surface area (Å²) in [6.45, 7) is 18.3. The van der Waals surface area contributed by atoms with Crippen LogP contribution in [0.15, 0.2) is 91.0 Å². The van der Waals surface area contributed by atoms with Gasteiger partial charge in [-0.05, 0) is 92.1 Å². The van der Waals surface area contributed by atoms with E-state index in [0.29, 0.717) is 41.5 Å². The van der Waals surface area contributed by atoms with Gasteiger partial charge in [-0.15, -0.1) is 11.3 Å². The molecule has 5 N–H and O–H groups in total. The third-order valence-corrected chi connectivity index (χ3v) is 18.5. The van der Waals surface area contributed by atoms with Crippen LogP contribution in [-0.4, -0.2) is 166 Å². The summed E-state index contributed by atoms with van der Waals surface area (Å²) in [4.78, 5) is 68.0. The van der Waals surface area contributed by atoms with Gasteiger partial charge in [0.05, 0.1) is 63.6 Å². The van der Waals surface area contributed by atoms with Gasteiger partial charge in [0, 0.05) is 99.9 Å². The van der Waals surface area contributed by atoms with Gasteiger partial charge in [-0.25, -0.2) is 23.1 Å². The van der Waals surface area contributed by atoms with Gasteiger partial charge in [-0.1, -0.05) is 51.6 Å². The lowest BCUT2D eigenvalue weighted by Gasteiger charge is -2.39. The molecular formula is C58H69F3N12O6S2. The molecule has 0 spiro atoms. The highest BCUT2D eigenvalue weighted by molar-refractivity contribution is 7.90. The lowest BCUT2D eigenvalue weighted by Crippen LogP contribution is -2.58. The second kappa shape index (κ2) is 24.0. The van der Waals surface area contributed by atoms with Crippen LogP contribution in [0.4, 0.5) is 24.5 Å². The molecule has 4 aliphatic heterocycles. The molecular weight excluding hydrogens is 1080 g/mol. The number of aryl methyl sites for hydroxylation is 1. The number of pyridine rings is 2.